The van der Waals surface area contributed by atoms with Gasteiger partial charge in [0.25, 0.3) is 0 Å². The topological polar surface area (TPSA) is 49.4 Å². The molecule has 0 heterocycles. The van der Waals surface area contributed by atoms with Crippen LogP contribution in [0, 0.1) is 0 Å². The van der Waals surface area contributed by atoms with Gasteiger partial charge < -0.3 is 10.2 Å². The Morgan fingerprint density at radius 2 is 1.88 bits per heavy atom. The van der Waals surface area contributed by atoms with E-state index in [1.807, 2.05) is 54.6 Å². The fraction of sp³-hybridized carbons (Fsp3) is 0.263. The number of hydrogen-bond acceptors (Lipinski definition) is 3. The molecule has 0 aromatic heterocycles. The van der Waals surface area contributed by atoms with Crippen molar-refractivity contribution in [2.75, 3.05) is 12.8 Å². The maximum absolute atomic E-state index is 12.8. The molecular weight excluding hydrogens is 400 g/mol. The van der Waals surface area contributed by atoms with E-state index in [0.717, 1.165) is 14.9 Å². The highest BCUT2D eigenvalue weighted by Crippen LogP contribution is 2.23. The summed E-state index contributed by atoms with van der Waals surface area (Å²) in [6, 6.07) is 17.1. The molecule has 2 rings (SSSR count). The first kappa shape index (κ1) is 19.5. The molecule has 0 fully saturated rings. The van der Waals surface area contributed by atoms with Crippen molar-refractivity contribution >= 4 is 39.5 Å². The number of benzene rings is 2. The lowest BCUT2D eigenvalue weighted by molar-refractivity contribution is -0.134. The van der Waals surface area contributed by atoms with E-state index < -0.39 is 6.04 Å². The number of halogens is 1. The van der Waals surface area contributed by atoms with Crippen LogP contribution in [-0.2, 0) is 16.1 Å². The van der Waals surface area contributed by atoms with Crippen LogP contribution in [0.4, 0.5) is 0 Å². The Hall–Kier alpha value is -1.79. The summed E-state index contributed by atoms with van der Waals surface area (Å²) in [6.45, 7) is 1.94. The number of amides is 2. The van der Waals surface area contributed by atoms with E-state index >= 15 is 0 Å². The predicted molar refractivity (Wildman–Crippen MR) is 105 cm³/mol. The molecule has 2 amide bonds. The van der Waals surface area contributed by atoms with E-state index in [9.17, 15) is 9.59 Å². The van der Waals surface area contributed by atoms with Crippen molar-refractivity contribution in [3.63, 3.8) is 0 Å². The van der Waals surface area contributed by atoms with Crippen LogP contribution in [0.3, 0.4) is 0 Å². The second-order valence-corrected chi connectivity index (χ2v) is 7.71. The van der Waals surface area contributed by atoms with Crippen LogP contribution in [-0.4, -0.2) is 35.6 Å². The number of likely N-dealkylation sites (N-methyl/N-ethyl adjacent to an activating group) is 1. The molecule has 0 saturated heterocycles. The van der Waals surface area contributed by atoms with Crippen molar-refractivity contribution in [3.8, 4) is 0 Å². The van der Waals surface area contributed by atoms with Gasteiger partial charge in [-0.25, -0.2) is 0 Å². The number of carbonyl (C=O) groups excluding carboxylic acids is 2. The smallest absolute Gasteiger partial charge is 0.246 e. The quantitative estimate of drug-likeness (QED) is 0.694. The Balaban J connectivity index is 2.02. The van der Waals surface area contributed by atoms with E-state index in [-0.39, 0.29) is 11.8 Å². The largest absolute Gasteiger partial charge is 0.344 e. The molecule has 0 spiro atoms. The lowest BCUT2D eigenvalue weighted by atomic mass is 10.2. The van der Waals surface area contributed by atoms with Gasteiger partial charge >= 0.3 is 0 Å². The van der Waals surface area contributed by atoms with Crippen LogP contribution in [0.25, 0.3) is 0 Å². The molecule has 2 aromatic rings. The summed E-state index contributed by atoms with van der Waals surface area (Å²) in [6.07, 6.45) is 0. The van der Waals surface area contributed by atoms with Gasteiger partial charge in [-0.15, -0.1) is 11.8 Å². The second-order valence-electron chi connectivity index (χ2n) is 5.70. The summed E-state index contributed by atoms with van der Waals surface area (Å²) >= 11 is 4.98. The molecule has 0 bridgehead atoms. The van der Waals surface area contributed by atoms with Crippen molar-refractivity contribution in [3.05, 3.63) is 64.6 Å². The minimum absolute atomic E-state index is 0.0958. The Bertz CT molecular complexity index is 724. The summed E-state index contributed by atoms with van der Waals surface area (Å²) in [7, 11) is 1.76. The molecule has 0 radical (unpaired) electrons. The van der Waals surface area contributed by atoms with Crippen LogP contribution in [0.5, 0.6) is 0 Å². The zero-order valence-corrected chi connectivity index (χ0v) is 16.6. The van der Waals surface area contributed by atoms with Crippen LogP contribution in [0.2, 0.25) is 0 Å². The SMILES string of the molecule is CC(=O)NC(CSc1cccc(Br)c1)C(=O)N(C)Cc1ccccc1. The van der Waals surface area contributed by atoms with Crippen molar-refractivity contribution in [1.29, 1.82) is 0 Å². The highest BCUT2D eigenvalue weighted by atomic mass is 79.9. The average molecular weight is 421 g/mol. The van der Waals surface area contributed by atoms with Crippen LogP contribution in [0.1, 0.15) is 12.5 Å². The monoisotopic (exact) mass is 420 g/mol. The first-order valence-electron chi connectivity index (χ1n) is 7.90. The lowest BCUT2D eigenvalue weighted by Crippen LogP contribution is -2.48. The van der Waals surface area contributed by atoms with E-state index in [1.54, 1.807) is 23.7 Å². The molecule has 1 atom stereocenters. The fourth-order valence-electron chi connectivity index (χ4n) is 2.36. The Morgan fingerprint density at radius 1 is 1.16 bits per heavy atom. The van der Waals surface area contributed by atoms with Gasteiger partial charge in [0, 0.05) is 35.6 Å². The molecule has 0 aliphatic rings. The standard InChI is InChI=1S/C19H21BrN2O2S/c1-14(23)21-18(13-25-17-10-6-9-16(20)11-17)19(24)22(2)12-15-7-4-3-5-8-15/h3-11,18H,12-13H2,1-2H3,(H,21,23). The third kappa shape index (κ3) is 6.55. The molecule has 132 valence electrons. The van der Waals surface area contributed by atoms with E-state index in [1.165, 1.54) is 6.92 Å². The summed E-state index contributed by atoms with van der Waals surface area (Å²) in [5.74, 6) is 0.177. The molecule has 4 nitrogen and oxygen atoms in total. The first-order valence-corrected chi connectivity index (χ1v) is 9.68. The van der Waals surface area contributed by atoms with Gasteiger partial charge in [0.15, 0.2) is 0 Å². The van der Waals surface area contributed by atoms with Gasteiger partial charge in [0.1, 0.15) is 6.04 Å². The van der Waals surface area contributed by atoms with Crippen LogP contribution >= 0.6 is 27.7 Å². The summed E-state index contributed by atoms with van der Waals surface area (Å²) in [5, 5.41) is 2.77. The van der Waals surface area contributed by atoms with Gasteiger partial charge in [-0.1, -0.05) is 52.3 Å². The highest BCUT2D eigenvalue weighted by molar-refractivity contribution is 9.10. The minimum Gasteiger partial charge on any atom is -0.344 e. The highest BCUT2D eigenvalue weighted by Gasteiger charge is 2.23. The Labute approximate surface area is 161 Å². The third-order valence-electron chi connectivity index (χ3n) is 3.53. The zero-order valence-electron chi connectivity index (χ0n) is 14.2. The number of carbonyl (C=O) groups is 2. The number of hydrogen-bond donors (Lipinski definition) is 1. The van der Waals surface area contributed by atoms with Gasteiger partial charge in [0.2, 0.25) is 11.8 Å². The maximum Gasteiger partial charge on any atom is 0.246 e. The van der Waals surface area contributed by atoms with Crippen molar-refractivity contribution in [2.45, 2.75) is 24.4 Å². The second kappa shape index (κ2) is 9.63. The molecule has 25 heavy (non-hydrogen) atoms. The Morgan fingerprint density at radius 3 is 2.52 bits per heavy atom. The van der Waals surface area contributed by atoms with Crippen molar-refractivity contribution < 1.29 is 9.59 Å². The van der Waals surface area contributed by atoms with Crippen molar-refractivity contribution in [2.24, 2.45) is 0 Å². The minimum atomic E-state index is -0.560. The van der Waals surface area contributed by atoms with E-state index in [0.29, 0.717) is 12.3 Å². The maximum atomic E-state index is 12.8. The normalized spacial score (nSPS) is 11.6. The van der Waals surface area contributed by atoms with Gasteiger partial charge in [-0.2, -0.15) is 0 Å². The molecule has 1 N–H and O–H groups in total. The van der Waals surface area contributed by atoms with Gasteiger partial charge in [-0.3, -0.25) is 9.59 Å². The van der Waals surface area contributed by atoms with E-state index in [2.05, 4.69) is 21.2 Å². The van der Waals surface area contributed by atoms with Crippen molar-refractivity contribution in [1.82, 2.24) is 10.2 Å². The van der Waals surface area contributed by atoms with E-state index in [4.69, 9.17) is 0 Å². The van der Waals surface area contributed by atoms with Gasteiger partial charge in [-0.05, 0) is 23.8 Å². The van der Waals surface area contributed by atoms with Crippen LogP contribution in [0.15, 0.2) is 64.0 Å². The summed E-state index contributed by atoms with van der Waals surface area (Å²) < 4.78 is 0.987. The molecular formula is C19H21BrN2O2S. The molecule has 1 unspecified atom stereocenters. The first-order chi connectivity index (χ1) is 12.0. The molecule has 2 aromatic carbocycles. The van der Waals surface area contributed by atoms with Crippen LogP contribution < -0.4 is 5.32 Å². The lowest BCUT2D eigenvalue weighted by Gasteiger charge is -2.24. The Kier molecular flexibility index (Phi) is 7.52. The number of thioether (sulfide) groups is 1. The summed E-state index contributed by atoms with van der Waals surface area (Å²) in [5.41, 5.74) is 1.06. The molecule has 6 heteroatoms. The summed E-state index contributed by atoms with van der Waals surface area (Å²) in [4.78, 5) is 27.0. The zero-order chi connectivity index (χ0) is 18.2. The number of rotatable bonds is 7. The molecule has 0 aliphatic heterocycles. The number of nitrogens with zero attached hydrogens (tertiary/aromatic N) is 1. The predicted octanol–water partition coefficient (Wildman–Crippen LogP) is 3.70. The average Bonchev–Trinajstić information content (AvgIpc) is 2.58. The third-order valence-corrected chi connectivity index (χ3v) is 5.11. The van der Waals surface area contributed by atoms with Gasteiger partial charge in [0.05, 0.1) is 0 Å². The number of nitrogens with one attached hydrogen (secondary N) is 1. The molecule has 0 aliphatic carbocycles. The fourth-order valence-corrected chi connectivity index (χ4v) is 3.88. The molecule has 0 saturated carbocycles.